The zero-order valence-electron chi connectivity index (χ0n) is 18.2. The highest BCUT2D eigenvalue weighted by Crippen LogP contribution is 2.50. The number of fused-ring (bicyclic) bond motifs is 1. The normalized spacial score (nSPS) is 24.9. The third kappa shape index (κ3) is 4.63. The van der Waals surface area contributed by atoms with Gasteiger partial charge in [0.25, 0.3) is 0 Å². The van der Waals surface area contributed by atoms with Crippen molar-refractivity contribution in [2.24, 2.45) is 5.92 Å². The Morgan fingerprint density at radius 1 is 1.32 bits per heavy atom. The van der Waals surface area contributed by atoms with E-state index in [4.69, 9.17) is 9.26 Å². The molecule has 0 unspecified atom stereocenters. The van der Waals surface area contributed by atoms with Gasteiger partial charge in [-0.05, 0) is 44.1 Å². The fourth-order valence-corrected chi connectivity index (χ4v) is 5.11. The summed E-state index contributed by atoms with van der Waals surface area (Å²) >= 11 is 0. The lowest BCUT2D eigenvalue weighted by Gasteiger charge is -2.25. The smallest absolute Gasteiger partial charge is 0.248 e. The predicted octanol–water partition coefficient (Wildman–Crippen LogP) is 2.02. The summed E-state index contributed by atoms with van der Waals surface area (Å²) in [5.41, 5.74) is 0.837. The third-order valence-corrected chi connectivity index (χ3v) is 6.53. The maximum Gasteiger partial charge on any atom is 0.248 e. The average Bonchev–Trinajstić information content (AvgIpc) is 3.41. The maximum atomic E-state index is 12.6. The molecule has 2 heterocycles. The average molecular weight is 427 g/mol. The van der Waals surface area contributed by atoms with Gasteiger partial charge in [-0.15, -0.1) is 0 Å². The van der Waals surface area contributed by atoms with E-state index in [1.807, 2.05) is 23.1 Å². The van der Waals surface area contributed by atoms with Gasteiger partial charge in [0.15, 0.2) is 5.82 Å². The molecule has 1 aromatic heterocycles. The van der Waals surface area contributed by atoms with Crippen LogP contribution in [-0.2, 0) is 26.2 Å². The molecule has 31 heavy (non-hydrogen) atoms. The Bertz CT molecular complexity index is 915. The number of amides is 2. The van der Waals surface area contributed by atoms with Crippen molar-refractivity contribution in [2.75, 3.05) is 26.8 Å². The molecule has 2 aromatic rings. The highest BCUT2D eigenvalue weighted by atomic mass is 16.5. The van der Waals surface area contributed by atoms with Crippen molar-refractivity contribution < 1.29 is 18.8 Å². The SMILES string of the molecule is COCC(=O)N1C[C@@H]2C[C@@H](NC(=O)CCCc3ccccc3)C[C@]2(c2nc(C)no2)C1. The van der Waals surface area contributed by atoms with Crippen molar-refractivity contribution in [3.8, 4) is 0 Å². The fourth-order valence-electron chi connectivity index (χ4n) is 5.11. The summed E-state index contributed by atoms with van der Waals surface area (Å²) in [5, 5.41) is 7.18. The number of benzene rings is 1. The van der Waals surface area contributed by atoms with Crippen molar-refractivity contribution in [1.29, 1.82) is 0 Å². The summed E-state index contributed by atoms with van der Waals surface area (Å²) in [6.07, 6.45) is 3.70. The number of carbonyl (C=O) groups excluding carboxylic acids is 2. The number of carbonyl (C=O) groups is 2. The zero-order chi connectivity index (χ0) is 21.8. The molecule has 4 rings (SSSR count). The molecule has 1 aliphatic carbocycles. The molecule has 1 N–H and O–H groups in total. The molecule has 2 aliphatic rings. The van der Waals surface area contributed by atoms with E-state index in [-0.39, 0.29) is 30.4 Å². The molecule has 0 bridgehead atoms. The molecule has 8 nitrogen and oxygen atoms in total. The van der Waals surface area contributed by atoms with Crippen molar-refractivity contribution in [3.05, 3.63) is 47.6 Å². The molecule has 3 atom stereocenters. The van der Waals surface area contributed by atoms with E-state index in [2.05, 4.69) is 27.6 Å². The molecular formula is C23H30N4O4. The van der Waals surface area contributed by atoms with Crippen molar-refractivity contribution in [1.82, 2.24) is 20.4 Å². The van der Waals surface area contributed by atoms with E-state index in [0.717, 1.165) is 19.3 Å². The van der Waals surface area contributed by atoms with E-state index < -0.39 is 5.41 Å². The lowest BCUT2D eigenvalue weighted by atomic mass is 9.80. The molecular weight excluding hydrogens is 396 g/mol. The van der Waals surface area contributed by atoms with Crippen LogP contribution in [0.15, 0.2) is 34.9 Å². The highest BCUT2D eigenvalue weighted by molar-refractivity contribution is 5.78. The van der Waals surface area contributed by atoms with Crippen LogP contribution >= 0.6 is 0 Å². The van der Waals surface area contributed by atoms with E-state index in [9.17, 15) is 9.59 Å². The van der Waals surface area contributed by atoms with Crippen molar-refractivity contribution in [2.45, 2.75) is 50.5 Å². The first-order chi connectivity index (χ1) is 15.0. The third-order valence-electron chi connectivity index (χ3n) is 6.53. The van der Waals surface area contributed by atoms with Crippen LogP contribution in [0.5, 0.6) is 0 Å². The second kappa shape index (κ2) is 9.18. The Morgan fingerprint density at radius 2 is 2.13 bits per heavy atom. The number of hydrogen-bond donors (Lipinski definition) is 1. The van der Waals surface area contributed by atoms with Crippen molar-refractivity contribution >= 4 is 11.8 Å². The van der Waals surface area contributed by atoms with Crippen LogP contribution in [0.25, 0.3) is 0 Å². The number of nitrogens with one attached hydrogen (secondary N) is 1. The Kier molecular flexibility index (Phi) is 6.36. The number of aromatic nitrogens is 2. The summed E-state index contributed by atoms with van der Waals surface area (Å²) in [4.78, 5) is 31.3. The van der Waals surface area contributed by atoms with Gasteiger partial charge in [0.05, 0.1) is 5.41 Å². The molecule has 2 amide bonds. The highest BCUT2D eigenvalue weighted by Gasteiger charge is 2.58. The maximum absolute atomic E-state index is 12.6. The van der Waals surface area contributed by atoms with Crippen LogP contribution in [-0.4, -0.2) is 59.7 Å². The Morgan fingerprint density at radius 3 is 2.84 bits per heavy atom. The van der Waals surface area contributed by atoms with Gasteiger partial charge in [-0.25, -0.2) is 0 Å². The molecule has 0 spiro atoms. The van der Waals surface area contributed by atoms with Gasteiger partial charge in [0.1, 0.15) is 6.61 Å². The van der Waals surface area contributed by atoms with E-state index in [1.165, 1.54) is 12.7 Å². The summed E-state index contributed by atoms with van der Waals surface area (Å²) in [5.74, 6) is 1.36. The Labute approximate surface area is 182 Å². The number of likely N-dealkylation sites (tertiary alicyclic amines) is 1. The van der Waals surface area contributed by atoms with Gasteiger partial charge in [0.2, 0.25) is 17.7 Å². The minimum Gasteiger partial charge on any atom is -0.375 e. The molecule has 8 heteroatoms. The van der Waals surface area contributed by atoms with Crippen LogP contribution < -0.4 is 5.32 Å². The summed E-state index contributed by atoms with van der Waals surface area (Å²) in [6, 6.07) is 10.3. The van der Waals surface area contributed by atoms with Crippen LogP contribution in [0.1, 0.15) is 43.0 Å². The quantitative estimate of drug-likeness (QED) is 0.694. The number of hydrogen-bond acceptors (Lipinski definition) is 6. The number of nitrogens with zero attached hydrogens (tertiary/aromatic N) is 3. The predicted molar refractivity (Wildman–Crippen MR) is 113 cm³/mol. The number of rotatable bonds is 8. The first-order valence-corrected chi connectivity index (χ1v) is 10.9. The lowest BCUT2D eigenvalue weighted by Crippen LogP contribution is -2.40. The topological polar surface area (TPSA) is 97.6 Å². The Hall–Kier alpha value is -2.74. The Balaban J connectivity index is 1.37. The first-order valence-electron chi connectivity index (χ1n) is 10.9. The molecule has 2 fully saturated rings. The van der Waals surface area contributed by atoms with Gasteiger partial charge < -0.3 is 19.5 Å². The van der Waals surface area contributed by atoms with E-state index in [1.54, 1.807) is 6.92 Å². The van der Waals surface area contributed by atoms with Gasteiger partial charge in [0, 0.05) is 32.7 Å². The number of aryl methyl sites for hydroxylation is 2. The molecule has 1 aromatic carbocycles. The number of methoxy groups -OCH3 is 1. The second-order valence-electron chi connectivity index (χ2n) is 8.75. The molecule has 1 saturated heterocycles. The van der Waals surface area contributed by atoms with Crippen LogP contribution in [0.3, 0.4) is 0 Å². The first kappa shape index (κ1) is 21.5. The van der Waals surface area contributed by atoms with Crippen molar-refractivity contribution in [3.63, 3.8) is 0 Å². The minimum absolute atomic E-state index is 0.0333. The molecule has 0 radical (unpaired) electrons. The summed E-state index contributed by atoms with van der Waals surface area (Å²) in [7, 11) is 1.52. The molecule has 166 valence electrons. The van der Waals surface area contributed by atoms with E-state index >= 15 is 0 Å². The monoisotopic (exact) mass is 426 g/mol. The lowest BCUT2D eigenvalue weighted by molar-refractivity contribution is -0.134. The van der Waals surface area contributed by atoms with E-state index in [0.29, 0.717) is 37.6 Å². The van der Waals surface area contributed by atoms with Crippen LogP contribution in [0, 0.1) is 12.8 Å². The number of ether oxygens (including phenoxy) is 1. The fraction of sp³-hybridized carbons (Fsp3) is 0.565. The zero-order valence-corrected chi connectivity index (χ0v) is 18.2. The second-order valence-corrected chi connectivity index (χ2v) is 8.75. The standard InChI is InChI=1S/C23H30N4O4/c1-16-24-22(31-26-16)23-12-19(11-18(23)13-27(15-23)21(29)14-30-2)25-20(28)10-6-9-17-7-4-3-5-8-17/h3-5,7-8,18-19H,6,9-15H2,1-2H3,(H,25,28)/t18-,19+,23-/m0/s1. The minimum atomic E-state index is -0.410. The molecule has 1 aliphatic heterocycles. The van der Waals surface area contributed by atoms with Crippen LogP contribution in [0.4, 0.5) is 0 Å². The largest absolute Gasteiger partial charge is 0.375 e. The van der Waals surface area contributed by atoms with Gasteiger partial charge in [-0.2, -0.15) is 4.98 Å². The van der Waals surface area contributed by atoms with Gasteiger partial charge in [-0.1, -0.05) is 35.5 Å². The molecule has 1 saturated carbocycles. The van der Waals surface area contributed by atoms with Gasteiger partial charge in [-0.3, -0.25) is 9.59 Å². The summed E-state index contributed by atoms with van der Waals surface area (Å²) in [6.45, 7) is 2.99. The van der Waals surface area contributed by atoms with Gasteiger partial charge >= 0.3 is 0 Å². The summed E-state index contributed by atoms with van der Waals surface area (Å²) < 4.78 is 10.6. The van der Waals surface area contributed by atoms with Crippen LogP contribution in [0.2, 0.25) is 0 Å².